The largest absolute Gasteiger partial charge is 0.462 e. The van der Waals surface area contributed by atoms with E-state index >= 15 is 0 Å². The molecule has 1 heterocycles. The van der Waals surface area contributed by atoms with Gasteiger partial charge in [-0.3, -0.25) is 0 Å². The fourth-order valence-corrected chi connectivity index (χ4v) is 1.51. The number of carbonyl (C=O) groups excluding carboxylic acids is 1. The van der Waals surface area contributed by atoms with E-state index in [-0.39, 0.29) is 19.2 Å². The lowest BCUT2D eigenvalue weighted by Crippen LogP contribution is -2.31. The zero-order chi connectivity index (χ0) is 13.5. The first kappa shape index (κ1) is 13.6. The maximum absolute atomic E-state index is 11.3. The quantitative estimate of drug-likeness (QED) is 0.552. The molecular formula is C13H17NO5. The summed E-state index contributed by atoms with van der Waals surface area (Å²) in [6, 6.07) is 7.33. The number of carbonyl (C=O) groups is 1. The van der Waals surface area contributed by atoms with Crippen LogP contribution in [0, 0.1) is 0 Å². The van der Waals surface area contributed by atoms with E-state index in [2.05, 4.69) is 0 Å². The van der Waals surface area contributed by atoms with Gasteiger partial charge >= 0.3 is 5.97 Å². The van der Waals surface area contributed by atoms with Crippen LogP contribution in [-0.2, 0) is 14.3 Å². The molecule has 0 saturated carbocycles. The van der Waals surface area contributed by atoms with Crippen molar-refractivity contribution in [1.29, 1.82) is 0 Å². The van der Waals surface area contributed by atoms with Crippen molar-refractivity contribution in [3.63, 3.8) is 0 Å². The van der Waals surface area contributed by atoms with Gasteiger partial charge in [-0.15, -0.1) is 0 Å². The van der Waals surface area contributed by atoms with E-state index in [1.807, 2.05) is 19.1 Å². The molecule has 19 heavy (non-hydrogen) atoms. The molecular weight excluding hydrogens is 250 g/mol. The summed E-state index contributed by atoms with van der Waals surface area (Å²) in [5.74, 6) is 0.922. The van der Waals surface area contributed by atoms with E-state index in [0.29, 0.717) is 24.7 Å². The van der Waals surface area contributed by atoms with Gasteiger partial charge in [0.15, 0.2) is 11.5 Å². The molecule has 1 aliphatic rings. The molecule has 104 valence electrons. The molecule has 0 amide bonds. The Labute approximate surface area is 111 Å². The topological polar surface area (TPSA) is 57.2 Å². The minimum atomic E-state index is -0.384. The van der Waals surface area contributed by atoms with Crippen molar-refractivity contribution in [3.8, 4) is 11.5 Å². The smallest absolute Gasteiger partial charge is 0.332 e. The highest BCUT2D eigenvalue weighted by Crippen LogP contribution is 2.32. The number of ether oxygens (including phenoxy) is 2. The van der Waals surface area contributed by atoms with E-state index in [1.165, 1.54) is 5.23 Å². The molecule has 0 fully saturated rings. The molecule has 2 rings (SSSR count). The highest BCUT2D eigenvalue weighted by atomic mass is 17.0. The number of hydrogen-bond donors (Lipinski definition) is 0. The monoisotopic (exact) mass is 267 g/mol. The average molecular weight is 267 g/mol. The molecule has 6 nitrogen and oxygen atoms in total. The lowest BCUT2D eigenvalue weighted by Gasteiger charge is -2.12. The highest BCUT2D eigenvalue weighted by Gasteiger charge is 2.22. The van der Waals surface area contributed by atoms with Crippen LogP contribution in [0.2, 0.25) is 0 Å². The Bertz CT molecular complexity index is 398. The molecule has 0 N–H and O–H groups in total. The summed E-state index contributed by atoms with van der Waals surface area (Å²) in [6.07, 6.45) is 0.876. The molecule has 0 atom stereocenters. The standard InChI is InChI=1S/C13H17NO5/c1-2-8-16-10-13(15)17-9-7-14-18-11-5-3-4-6-12(11)19-14/h3-6H,2,7-10H2,1H3. The summed E-state index contributed by atoms with van der Waals surface area (Å²) in [5.41, 5.74) is 0. The van der Waals surface area contributed by atoms with E-state index in [9.17, 15) is 4.79 Å². The van der Waals surface area contributed by atoms with Crippen molar-refractivity contribution >= 4 is 5.97 Å². The second-order valence-corrected chi connectivity index (χ2v) is 3.96. The Hall–Kier alpha value is -1.79. The van der Waals surface area contributed by atoms with E-state index in [4.69, 9.17) is 19.1 Å². The van der Waals surface area contributed by atoms with E-state index < -0.39 is 0 Å². The SMILES string of the molecule is CCCOCC(=O)OCCN1Oc2ccccc2O1. The number of rotatable bonds is 7. The van der Waals surface area contributed by atoms with Gasteiger partial charge in [0.25, 0.3) is 0 Å². The Balaban J connectivity index is 1.62. The first-order chi connectivity index (χ1) is 9.29. The predicted molar refractivity (Wildman–Crippen MR) is 66.5 cm³/mol. The van der Waals surface area contributed by atoms with Gasteiger partial charge in [-0.2, -0.15) is 0 Å². The molecule has 0 unspecified atom stereocenters. The van der Waals surface area contributed by atoms with Crippen LogP contribution in [0.5, 0.6) is 11.5 Å². The van der Waals surface area contributed by atoms with Crippen LogP contribution in [0.4, 0.5) is 0 Å². The Morgan fingerprint density at radius 2 is 1.89 bits per heavy atom. The molecule has 0 aromatic heterocycles. The van der Waals surface area contributed by atoms with Crippen LogP contribution < -0.4 is 9.68 Å². The second kappa shape index (κ2) is 6.96. The number of fused-ring (bicyclic) bond motifs is 1. The molecule has 6 heteroatoms. The zero-order valence-electron chi connectivity index (χ0n) is 10.8. The van der Waals surface area contributed by atoms with Gasteiger partial charge in [-0.1, -0.05) is 19.1 Å². The van der Waals surface area contributed by atoms with Gasteiger partial charge in [0.1, 0.15) is 19.8 Å². The third-order valence-corrected chi connectivity index (χ3v) is 2.35. The molecule has 1 aromatic rings. The fraction of sp³-hybridized carbons (Fsp3) is 0.462. The molecule has 1 aliphatic heterocycles. The van der Waals surface area contributed by atoms with Crippen molar-refractivity contribution in [2.45, 2.75) is 13.3 Å². The number of esters is 1. The maximum atomic E-state index is 11.3. The summed E-state index contributed by atoms with van der Waals surface area (Å²) in [4.78, 5) is 22.0. The minimum absolute atomic E-state index is 0.0181. The summed E-state index contributed by atoms with van der Waals surface area (Å²) in [6.45, 7) is 3.03. The molecule has 0 spiro atoms. The van der Waals surface area contributed by atoms with Gasteiger partial charge in [0.2, 0.25) is 0 Å². The molecule has 0 aliphatic carbocycles. The summed E-state index contributed by atoms with van der Waals surface area (Å²) >= 11 is 0. The van der Waals surface area contributed by atoms with Gasteiger partial charge < -0.3 is 19.1 Å². The number of para-hydroxylation sites is 2. The van der Waals surface area contributed by atoms with Gasteiger partial charge in [0, 0.05) is 11.8 Å². The lowest BCUT2D eigenvalue weighted by molar-refractivity contribution is -0.231. The van der Waals surface area contributed by atoms with Gasteiger partial charge in [-0.05, 0) is 18.6 Å². The normalized spacial score (nSPS) is 13.5. The second-order valence-electron chi connectivity index (χ2n) is 3.96. The van der Waals surface area contributed by atoms with E-state index in [1.54, 1.807) is 12.1 Å². The van der Waals surface area contributed by atoms with Crippen LogP contribution in [-0.4, -0.2) is 37.6 Å². The summed E-state index contributed by atoms with van der Waals surface area (Å²) in [5, 5.41) is 1.28. The molecule has 0 bridgehead atoms. The highest BCUT2D eigenvalue weighted by molar-refractivity contribution is 5.70. The summed E-state index contributed by atoms with van der Waals surface area (Å²) < 4.78 is 10.1. The third-order valence-electron chi connectivity index (χ3n) is 2.35. The minimum Gasteiger partial charge on any atom is -0.462 e. The van der Waals surface area contributed by atoms with Crippen molar-refractivity contribution in [2.24, 2.45) is 0 Å². The van der Waals surface area contributed by atoms with E-state index in [0.717, 1.165) is 6.42 Å². The van der Waals surface area contributed by atoms with Crippen molar-refractivity contribution in [2.75, 3.05) is 26.4 Å². The Kier molecular flexibility index (Phi) is 5.00. The molecule has 0 saturated heterocycles. The lowest BCUT2D eigenvalue weighted by atomic mass is 10.3. The first-order valence-corrected chi connectivity index (χ1v) is 6.25. The molecule has 1 aromatic carbocycles. The summed E-state index contributed by atoms with van der Waals surface area (Å²) in [7, 11) is 0. The van der Waals surface area contributed by atoms with Crippen LogP contribution in [0.25, 0.3) is 0 Å². The third kappa shape index (κ3) is 4.11. The van der Waals surface area contributed by atoms with Gasteiger partial charge in [-0.25, -0.2) is 4.79 Å². The number of hydrogen-bond acceptors (Lipinski definition) is 6. The molecule has 0 radical (unpaired) electrons. The van der Waals surface area contributed by atoms with Crippen molar-refractivity contribution < 1.29 is 23.9 Å². The average Bonchev–Trinajstić information content (AvgIpc) is 2.81. The number of hydroxylamine groups is 2. The fourth-order valence-electron chi connectivity index (χ4n) is 1.51. The first-order valence-electron chi connectivity index (χ1n) is 6.25. The van der Waals surface area contributed by atoms with Crippen LogP contribution in [0.1, 0.15) is 13.3 Å². The van der Waals surface area contributed by atoms with Crippen LogP contribution in [0.3, 0.4) is 0 Å². The van der Waals surface area contributed by atoms with Crippen molar-refractivity contribution in [1.82, 2.24) is 5.23 Å². The number of nitrogens with zero attached hydrogens (tertiary/aromatic N) is 1. The zero-order valence-corrected chi connectivity index (χ0v) is 10.8. The van der Waals surface area contributed by atoms with Crippen LogP contribution in [0.15, 0.2) is 24.3 Å². The van der Waals surface area contributed by atoms with Crippen LogP contribution >= 0.6 is 0 Å². The van der Waals surface area contributed by atoms with Crippen molar-refractivity contribution in [3.05, 3.63) is 24.3 Å². The number of benzene rings is 1. The Morgan fingerprint density at radius 1 is 1.21 bits per heavy atom. The van der Waals surface area contributed by atoms with Gasteiger partial charge in [0.05, 0.1) is 0 Å². The predicted octanol–water partition coefficient (Wildman–Crippen LogP) is 1.56. The maximum Gasteiger partial charge on any atom is 0.332 e. The Morgan fingerprint density at radius 3 is 2.53 bits per heavy atom.